The topological polar surface area (TPSA) is 24.9 Å². The maximum Gasteiger partial charge on any atom is 0.110 e. The lowest BCUT2D eigenvalue weighted by atomic mass is 9.99. The number of hydrogen-bond acceptors (Lipinski definition) is 4. The van der Waals surface area contributed by atoms with Gasteiger partial charge in [-0.15, -0.1) is 11.3 Å². The summed E-state index contributed by atoms with van der Waals surface area (Å²) in [5.74, 6) is 3.40. The predicted octanol–water partition coefficient (Wildman–Crippen LogP) is 2.94. The first kappa shape index (κ1) is 11.4. The molecule has 1 aromatic rings. The van der Waals surface area contributed by atoms with Crippen molar-refractivity contribution in [3.63, 3.8) is 0 Å². The van der Waals surface area contributed by atoms with E-state index in [9.17, 15) is 0 Å². The second kappa shape index (κ2) is 5.87. The van der Waals surface area contributed by atoms with Crippen LogP contribution in [0, 0.1) is 5.92 Å². The Labute approximate surface area is 99.9 Å². The highest BCUT2D eigenvalue weighted by Gasteiger charge is 2.27. The second-order valence-electron chi connectivity index (χ2n) is 3.93. The standard InChI is InChI=1S/C11H18N2S2/c1-2-4-12-10(9-3-6-14-8-9)11-13-5-7-15-11/h5,7,9-10,12H,2-4,6,8H2,1H3. The number of nitrogens with one attached hydrogen (secondary N) is 1. The van der Waals surface area contributed by atoms with Gasteiger partial charge in [0.1, 0.15) is 5.01 Å². The molecular weight excluding hydrogens is 224 g/mol. The van der Waals surface area contributed by atoms with Crippen molar-refractivity contribution in [1.82, 2.24) is 10.3 Å². The van der Waals surface area contributed by atoms with Crippen molar-refractivity contribution >= 4 is 23.1 Å². The molecule has 84 valence electrons. The molecule has 1 saturated heterocycles. The van der Waals surface area contributed by atoms with Crippen molar-refractivity contribution in [3.05, 3.63) is 16.6 Å². The minimum Gasteiger partial charge on any atom is -0.308 e. The Bertz CT molecular complexity index is 268. The first-order valence-electron chi connectivity index (χ1n) is 5.62. The van der Waals surface area contributed by atoms with Crippen molar-refractivity contribution in [2.45, 2.75) is 25.8 Å². The molecule has 1 aliphatic rings. The van der Waals surface area contributed by atoms with E-state index in [4.69, 9.17) is 0 Å². The van der Waals surface area contributed by atoms with Gasteiger partial charge in [-0.1, -0.05) is 6.92 Å². The van der Waals surface area contributed by atoms with E-state index < -0.39 is 0 Å². The van der Waals surface area contributed by atoms with Crippen molar-refractivity contribution in [2.75, 3.05) is 18.1 Å². The van der Waals surface area contributed by atoms with Crippen LogP contribution in [0.15, 0.2) is 11.6 Å². The molecular formula is C11H18N2S2. The monoisotopic (exact) mass is 242 g/mol. The van der Waals surface area contributed by atoms with Crippen molar-refractivity contribution in [2.24, 2.45) is 5.92 Å². The lowest BCUT2D eigenvalue weighted by molar-refractivity contribution is 0.392. The van der Waals surface area contributed by atoms with Crippen LogP contribution in [0.4, 0.5) is 0 Å². The summed E-state index contributed by atoms with van der Waals surface area (Å²) in [6, 6.07) is 0.500. The number of rotatable bonds is 5. The fraction of sp³-hybridized carbons (Fsp3) is 0.727. The van der Waals surface area contributed by atoms with Gasteiger partial charge in [0.25, 0.3) is 0 Å². The van der Waals surface area contributed by atoms with Gasteiger partial charge in [0, 0.05) is 11.6 Å². The quantitative estimate of drug-likeness (QED) is 0.859. The molecule has 0 spiro atoms. The molecule has 2 rings (SSSR count). The van der Waals surface area contributed by atoms with E-state index >= 15 is 0 Å². The van der Waals surface area contributed by atoms with Gasteiger partial charge in [-0.05, 0) is 36.8 Å². The van der Waals surface area contributed by atoms with Crippen molar-refractivity contribution < 1.29 is 0 Å². The highest BCUT2D eigenvalue weighted by molar-refractivity contribution is 7.99. The number of aromatic nitrogens is 1. The van der Waals surface area contributed by atoms with Crippen LogP contribution >= 0.6 is 23.1 Å². The van der Waals surface area contributed by atoms with E-state index in [-0.39, 0.29) is 0 Å². The summed E-state index contributed by atoms with van der Waals surface area (Å²) in [7, 11) is 0. The molecule has 2 heterocycles. The Balaban J connectivity index is 2.01. The Morgan fingerprint density at radius 3 is 3.20 bits per heavy atom. The number of thiazole rings is 1. The van der Waals surface area contributed by atoms with E-state index in [0.29, 0.717) is 6.04 Å². The molecule has 1 aliphatic heterocycles. The van der Waals surface area contributed by atoms with Gasteiger partial charge in [0.15, 0.2) is 0 Å². The van der Waals surface area contributed by atoms with Gasteiger partial charge >= 0.3 is 0 Å². The van der Waals surface area contributed by atoms with Gasteiger partial charge in [0.2, 0.25) is 0 Å². The predicted molar refractivity (Wildman–Crippen MR) is 68.6 cm³/mol. The Morgan fingerprint density at radius 1 is 1.67 bits per heavy atom. The largest absolute Gasteiger partial charge is 0.308 e. The average molecular weight is 242 g/mol. The fourth-order valence-corrected chi connectivity index (χ4v) is 4.06. The number of thioether (sulfide) groups is 1. The molecule has 0 aliphatic carbocycles. The molecule has 15 heavy (non-hydrogen) atoms. The van der Waals surface area contributed by atoms with Crippen molar-refractivity contribution in [3.8, 4) is 0 Å². The third-order valence-corrected chi connectivity index (χ3v) is 4.81. The van der Waals surface area contributed by atoms with Gasteiger partial charge in [-0.25, -0.2) is 4.98 Å². The molecule has 0 radical (unpaired) electrons. The maximum atomic E-state index is 4.46. The smallest absolute Gasteiger partial charge is 0.110 e. The van der Waals surface area contributed by atoms with Gasteiger partial charge in [0.05, 0.1) is 6.04 Å². The van der Waals surface area contributed by atoms with Gasteiger partial charge in [-0.3, -0.25) is 0 Å². The zero-order chi connectivity index (χ0) is 10.5. The zero-order valence-electron chi connectivity index (χ0n) is 9.11. The first-order chi connectivity index (χ1) is 7.42. The molecule has 0 aromatic carbocycles. The fourth-order valence-electron chi connectivity index (χ4n) is 1.96. The Kier molecular flexibility index (Phi) is 4.47. The second-order valence-corrected chi connectivity index (χ2v) is 6.00. The molecule has 2 atom stereocenters. The minimum atomic E-state index is 0.500. The lowest BCUT2D eigenvalue weighted by Gasteiger charge is -2.21. The molecule has 4 heteroatoms. The summed E-state index contributed by atoms with van der Waals surface area (Å²) in [6.45, 7) is 3.32. The summed E-state index contributed by atoms with van der Waals surface area (Å²) in [4.78, 5) is 4.46. The maximum absolute atomic E-state index is 4.46. The van der Waals surface area contributed by atoms with E-state index in [2.05, 4.69) is 34.4 Å². The Morgan fingerprint density at radius 2 is 2.60 bits per heavy atom. The Hall–Kier alpha value is -0.0600. The van der Waals surface area contributed by atoms with Crippen LogP contribution in [0.2, 0.25) is 0 Å². The van der Waals surface area contributed by atoms with Gasteiger partial charge in [-0.2, -0.15) is 11.8 Å². The minimum absolute atomic E-state index is 0.500. The van der Waals surface area contributed by atoms with Crippen LogP contribution in [-0.2, 0) is 0 Å². The normalized spacial score (nSPS) is 23.1. The van der Waals surface area contributed by atoms with Gasteiger partial charge < -0.3 is 5.32 Å². The highest BCUT2D eigenvalue weighted by Crippen LogP contribution is 2.34. The molecule has 2 unspecified atom stereocenters. The molecule has 0 bridgehead atoms. The molecule has 0 saturated carbocycles. The van der Waals surface area contributed by atoms with Crippen LogP contribution in [0.3, 0.4) is 0 Å². The van der Waals surface area contributed by atoms with E-state index in [1.54, 1.807) is 11.3 Å². The lowest BCUT2D eigenvalue weighted by Crippen LogP contribution is -2.28. The molecule has 0 amide bonds. The van der Waals surface area contributed by atoms with Crippen LogP contribution in [0.1, 0.15) is 30.8 Å². The van der Waals surface area contributed by atoms with Crippen LogP contribution < -0.4 is 5.32 Å². The summed E-state index contributed by atoms with van der Waals surface area (Å²) in [6.07, 6.45) is 4.45. The third-order valence-electron chi connectivity index (χ3n) is 2.77. The van der Waals surface area contributed by atoms with Crippen molar-refractivity contribution in [1.29, 1.82) is 0 Å². The molecule has 1 aromatic heterocycles. The summed E-state index contributed by atoms with van der Waals surface area (Å²) in [5.41, 5.74) is 0. The van der Waals surface area contributed by atoms with E-state index in [0.717, 1.165) is 12.5 Å². The summed E-state index contributed by atoms with van der Waals surface area (Å²) < 4.78 is 0. The summed E-state index contributed by atoms with van der Waals surface area (Å²) >= 11 is 3.86. The number of hydrogen-bond donors (Lipinski definition) is 1. The van der Waals surface area contributed by atoms with Crippen LogP contribution in [0.25, 0.3) is 0 Å². The van der Waals surface area contributed by atoms with Crippen LogP contribution in [-0.4, -0.2) is 23.0 Å². The third kappa shape index (κ3) is 2.95. The highest BCUT2D eigenvalue weighted by atomic mass is 32.2. The molecule has 2 nitrogen and oxygen atoms in total. The SMILES string of the molecule is CCCNC(c1nccs1)C1CCSC1. The first-order valence-corrected chi connectivity index (χ1v) is 7.65. The summed E-state index contributed by atoms with van der Waals surface area (Å²) in [5, 5.41) is 7.00. The average Bonchev–Trinajstić information content (AvgIpc) is 2.90. The molecule has 1 fully saturated rings. The zero-order valence-corrected chi connectivity index (χ0v) is 10.7. The van der Waals surface area contributed by atoms with E-state index in [1.807, 2.05) is 6.20 Å². The number of nitrogens with zero attached hydrogens (tertiary/aromatic N) is 1. The molecule has 1 N–H and O–H groups in total. The van der Waals surface area contributed by atoms with E-state index in [1.165, 1.54) is 29.4 Å². The van der Waals surface area contributed by atoms with Crippen LogP contribution in [0.5, 0.6) is 0 Å².